The van der Waals surface area contributed by atoms with E-state index >= 15 is 4.79 Å². The number of carbonyl (C=O) groups excluding carboxylic acids is 6. The normalized spacial score (nSPS) is 15.1. The van der Waals surface area contributed by atoms with Crippen molar-refractivity contribution >= 4 is 52.3 Å². The molecule has 16 heteroatoms. The monoisotopic (exact) mass is 925 g/mol. The van der Waals surface area contributed by atoms with Crippen LogP contribution in [0.3, 0.4) is 0 Å². The number of aliphatic imine (C=N–C) groups is 1. The second kappa shape index (κ2) is 23.8. The van der Waals surface area contributed by atoms with Crippen molar-refractivity contribution in [3.63, 3.8) is 0 Å². The van der Waals surface area contributed by atoms with E-state index < -0.39 is 65.2 Å². The summed E-state index contributed by atoms with van der Waals surface area (Å²) in [6, 6.07) is 33.4. The lowest BCUT2D eigenvalue weighted by molar-refractivity contribution is -0.138. The predicted octanol–water partition coefficient (Wildman–Crippen LogP) is 3.67. The Balaban J connectivity index is 1.30. The topological polar surface area (TPSA) is 269 Å². The highest BCUT2D eigenvalue weighted by Crippen LogP contribution is 2.48. The first-order valence-corrected chi connectivity index (χ1v) is 23.4. The van der Waals surface area contributed by atoms with Crippen molar-refractivity contribution in [3.8, 4) is 0 Å². The van der Waals surface area contributed by atoms with Gasteiger partial charge in [-0.25, -0.2) is 0 Å². The Morgan fingerprint density at radius 1 is 0.662 bits per heavy atom. The van der Waals surface area contributed by atoms with Gasteiger partial charge in [0.2, 0.25) is 35.4 Å². The minimum Gasteiger partial charge on any atom is -0.370 e. The van der Waals surface area contributed by atoms with Crippen LogP contribution in [0.1, 0.15) is 87.0 Å². The summed E-state index contributed by atoms with van der Waals surface area (Å²) >= 11 is 0. The first-order valence-electron chi connectivity index (χ1n) is 23.4. The van der Waals surface area contributed by atoms with Crippen LogP contribution in [0.15, 0.2) is 126 Å². The number of nitrogens with zero attached hydrogens (tertiary/aromatic N) is 1. The number of aromatic nitrogens is 1. The number of nitrogens with two attached hydrogens (primary N) is 3. The lowest BCUT2D eigenvalue weighted by atomic mass is 9.61. The number of amides is 6. The molecule has 12 N–H and O–H groups in total. The molecule has 3 unspecified atom stereocenters. The molecule has 0 radical (unpaired) electrons. The van der Waals surface area contributed by atoms with Crippen LogP contribution in [0.25, 0.3) is 10.9 Å². The number of hydrogen-bond donors (Lipinski definition) is 9. The molecule has 16 nitrogen and oxygen atoms in total. The number of benzene rings is 4. The van der Waals surface area contributed by atoms with Crippen molar-refractivity contribution in [3.05, 3.63) is 144 Å². The lowest BCUT2D eigenvalue weighted by Gasteiger charge is -2.47. The van der Waals surface area contributed by atoms with E-state index in [0.29, 0.717) is 19.3 Å². The summed E-state index contributed by atoms with van der Waals surface area (Å²) in [6.07, 6.45) is 5.42. The second-order valence-electron chi connectivity index (χ2n) is 17.6. The standard InChI is InChI=1S/C52H64N10O6/c1-2-3-25-45(64)62-52(28-26-51(27-29-52,37-18-9-5-10-19-37)38-20-11-6-12-21-38)49(68)61-42(31-35-16-7-4-8-17-35)48(67)59-41(24-15-30-56-50(54)55)47(66)60-43(46(65)58-34-44(53)63)32-36-33-57-40-23-14-13-22-39(36)40/h4-14,16-23,33,41-43,57H,2-3,15,24-32,34H2,1H3,(H2,53,63)(H,58,65)(H,59,67)(H,60,66)(H,61,68)(H,62,64)(H4,54,55,56). The summed E-state index contributed by atoms with van der Waals surface area (Å²) in [4.78, 5) is 90.5. The molecule has 5 aromatic rings. The highest BCUT2D eigenvalue weighted by Gasteiger charge is 2.50. The van der Waals surface area contributed by atoms with E-state index in [0.717, 1.165) is 39.6 Å². The average Bonchev–Trinajstić information content (AvgIpc) is 3.76. The van der Waals surface area contributed by atoms with E-state index in [1.807, 2.05) is 97.9 Å². The number of para-hydroxylation sites is 1. The third-order valence-corrected chi connectivity index (χ3v) is 12.8. The summed E-state index contributed by atoms with van der Waals surface area (Å²) < 4.78 is 0. The van der Waals surface area contributed by atoms with Gasteiger partial charge in [0.25, 0.3) is 0 Å². The van der Waals surface area contributed by atoms with Gasteiger partial charge in [-0.1, -0.05) is 123 Å². The molecular weight excluding hydrogens is 861 g/mol. The Morgan fingerprint density at radius 3 is 1.85 bits per heavy atom. The Labute approximate surface area is 397 Å². The maximum absolute atomic E-state index is 15.1. The molecule has 0 bridgehead atoms. The quantitative estimate of drug-likeness (QED) is 0.0265. The third-order valence-electron chi connectivity index (χ3n) is 12.8. The summed E-state index contributed by atoms with van der Waals surface area (Å²) in [5.74, 6) is -3.70. The van der Waals surface area contributed by atoms with Crippen LogP contribution in [0.5, 0.6) is 0 Å². The van der Waals surface area contributed by atoms with Crippen molar-refractivity contribution in [1.82, 2.24) is 31.6 Å². The van der Waals surface area contributed by atoms with Crippen molar-refractivity contribution < 1.29 is 28.8 Å². The van der Waals surface area contributed by atoms with E-state index in [2.05, 4.69) is 60.8 Å². The Morgan fingerprint density at radius 2 is 1.24 bits per heavy atom. The highest BCUT2D eigenvalue weighted by atomic mass is 16.2. The Hall–Kier alpha value is -7.49. The van der Waals surface area contributed by atoms with Gasteiger partial charge in [0.05, 0.1) is 6.54 Å². The fourth-order valence-corrected chi connectivity index (χ4v) is 9.14. The summed E-state index contributed by atoms with van der Waals surface area (Å²) in [6.45, 7) is 1.67. The third kappa shape index (κ3) is 13.1. The Bertz CT molecular complexity index is 2480. The minimum atomic E-state index is -1.36. The van der Waals surface area contributed by atoms with Gasteiger partial charge in [0.15, 0.2) is 5.96 Å². The van der Waals surface area contributed by atoms with Crippen LogP contribution in [0, 0.1) is 0 Å². The number of nitrogens with one attached hydrogen (secondary N) is 6. The highest BCUT2D eigenvalue weighted by molar-refractivity contribution is 5.98. The first kappa shape index (κ1) is 49.9. The molecule has 4 aromatic carbocycles. The van der Waals surface area contributed by atoms with Gasteiger partial charge < -0.3 is 48.8 Å². The molecular formula is C52H64N10O6. The summed E-state index contributed by atoms with van der Waals surface area (Å²) in [5, 5.41) is 15.2. The molecule has 3 atom stereocenters. The minimum absolute atomic E-state index is 0.0313. The van der Waals surface area contributed by atoms with Crippen molar-refractivity contribution in [2.45, 2.75) is 107 Å². The molecule has 1 heterocycles. The first-order chi connectivity index (χ1) is 32.8. The van der Waals surface area contributed by atoms with Crippen LogP contribution < -0.4 is 43.8 Å². The van der Waals surface area contributed by atoms with Crippen LogP contribution in [0.4, 0.5) is 0 Å². The van der Waals surface area contributed by atoms with Gasteiger partial charge in [-0.2, -0.15) is 0 Å². The fraction of sp³-hybridized carbons (Fsp3) is 0.365. The zero-order valence-electron chi connectivity index (χ0n) is 38.6. The van der Waals surface area contributed by atoms with Crippen molar-refractivity contribution in [2.75, 3.05) is 13.1 Å². The molecule has 1 aromatic heterocycles. The lowest BCUT2D eigenvalue weighted by Crippen LogP contribution is -2.65. The maximum Gasteiger partial charge on any atom is 0.246 e. The number of unbranched alkanes of at least 4 members (excludes halogenated alkanes) is 1. The number of aromatic amines is 1. The molecule has 1 aliphatic rings. The number of rotatable bonds is 23. The molecule has 1 aliphatic carbocycles. The van der Waals surface area contributed by atoms with Crippen LogP contribution in [-0.2, 0) is 47.0 Å². The van der Waals surface area contributed by atoms with Gasteiger partial charge in [0, 0.05) is 48.3 Å². The van der Waals surface area contributed by atoms with Crippen molar-refractivity contribution in [1.29, 1.82) is 0 Å². The van der Waals surface area contributed by atoms with E-state index in [4.69, 9.17) is 17.2 Å². The molecule has 6 rings (SSSR count). The number of guanidine groups is 1. The fourth-order valence-electron chi connectivity index (χ4n) is 9.14. The molecule has 1 fully saturated rings. The molecule has 1 saturated carbocycles. The van der Waals surface area contributed by atoms with Crippen LogP contribution in [-0.4, -0.2) is 83.1 Å². The van der Waals surface area contributed by atoms with Gasteiger partial charge in [-0.3, -0.25) is 33.8 Å². The number of H-pyrrole nitrogens is 1. The molecule has 0 saturated heterocycles. The van der Waals surface area contributed by atoms with E-state index in [1.54, 1.807) is 6.20 Å². The maximum atomic E-state index is 15.1. The van der Waals surface area contributed by atoms with Gasteiger partial charge >= 0.3 is 0 Å². The van der Waals surface area contributed by atoms with Crippen molar-refractivity contribution in [2.24, 2.45) is 22.2 Å². The molecule has 358 valence electrons. The zero-order valence-corrected chi connectivity index (χ0v) is 38.6. The van der Waals surface area contributed by atoms with E-state index in [-0.39, 0.29) is 63.4 Å². The zero-order chi connectivity index (χ0) is 48.5. The van der Waals surface area contributed by atoms with E-state index in [1.165, 1.54) is 0 Å². The molecule has 0 spiro atoms. The summed E-state index contributed by atoms with van der Waals surface area (Å²) in [5.41, 5.74) is 19.2. The largest absolute Gasteiger partial charge is 0.370 e. The smallest absolute Gasteiger partial charge is 0.246 e. The summed E-state index contributed by atoms with van der Waals surface area (Å²) in [7, 11) is 0. The van der Waals surface area contributed by atoms with Gasteiger partial charge in [0.1, 0.15) is 23.7 Å². The van der Waals surface area contributed by atoms with Crippen LogP contribution in [0.2, 0.25) is 0 Å². The molecule has 68 heavy (non-hydrogen) atoms. The van der Waals surface area contributed by atoms with Gasteiger partial charge in [-0.05, 0) is 73.3 Å². The average molecular weight is 925 g/mol. The number of hydrogen-bond acceptors (Lipinski definition) is 7. The molecule has 6 amide bonds. The number of primary amides is 1. The van der Waals surface area contributed by atoms with Gasteiger partial charge in [-0.15, -0.1) is 0 Å². The number of carbonyl (C=O) groups is 6. The van der Waals surface area contributed by atoms with E-state index in [9.17, 15) is 24.0 Å². The Kier molecular flexibility index (Phi) is 17.5. The number of fused-ring (bicyclic) bond motifs is 1. The SMILES string of the molecule is CCCCC(=O)NC1(C(=O)NC(Cc2ccccc2)C(=O)NC(CCCN=C(N)N)C(=O)NC(Cc2c[nH]c3ccccc23)C(=O)NCC(N)=O)CCC(c2ccccc2)(c2ccccc2)CC1. The van der Waals surface area contributed by atoms with Crippen LogP contribution >= 0.6 is 0 Å². The molecule has 0 aliphatic heterocycles. The second-order valence-corrected chi connectivity index (χ2v) is 17.6. The predicted molar refractivity (Wildman–Crippen MR) is 263 cm³/mol.